The zero-order valence-corrected chi connectivity index (χ0v) is 10.4. The number of aliphatic hydroxyl groups excluding tert-OH is 1. The molecule has 1 fully saturated rings. The Balaban J connectivity index is 2.04. The second-order valence-corrected chi connectivity index (χ2v) is 5.66. The van der Waals surface area contributed by atoms with Gasteiger partial charge in [-0.2, -0.15) is 11.8 Å². The summed E-state index contributed by atoms with van der Waals surface area (Å²) in [6.07, 6.45) is 4.43. The van der Waals surface area contributed by atoms with Crippen LogP contribution < -0.4 is 0 Å². The van der Waals surface area contributed by atoms with Gasteiger partial charge >= 0.3 is 0 Å². The molecule has 88 valence electrons. The lowest BCUT2D eigenvalue weighted by atomic mass is 9.92. The molecule has 1 aliphatic heterocycles. The first kappa shape index (κ1) is 11.1. The van der Waals surface area contributed by atoms with Crippen molar-refractivity contribution in [1.29, 1.82) is 0 Å². The Morgan fingerprint density at radius 3 is 3.12 bits per heavy atom. The van der Waals surface area contributed by atoms with Gasteiger partial charge in [0.1, 0.15) is 0 Å². The van der Waals surface area contributed by atoms with Gasteiger partial charge in [0, 0.05) is 17.8 Å². The van der Waals surface area contributed by atoms with Crippen molar-refractivity contribution in [2.75, 3.05) is 11.5 Å². The molecule has 2 unspecified atom stereocenters. The van der Waals surface area contributed by atoms with Crippen LogP contribution >= 0.6 is 11.8 Å². The fourth-order valence-corrected chi connectivity index (χ4v) is 3.75. The number of pyridine rings is 1. The van der Waals surface area contributed by atoms with Crippen molar-refractivity contribution in [2.45, 2.75) is 12.5 Å². The molecule has 2 atom stereocenters. The summed E-state index contributed by atoms with van der Waals surface area (Å²) >= 11 is 1.94. The van der Waals surface area contributed by atoms with Crippen LogP contribution in [0.1, 0.15) is 18.1 Å². The number of aromatic nitrogens is 1. The number of hydrogen-bond acceptors (Lipinski definition) is 3. The van der Waals surface area contributed by atoms with E-state index >= 15 is 0 Å². The Hall–Kier alpha value is -1.06. The Labute approximate surface area is 105 Å². The first-order valence-electron chi connectivity index (χ1n) is 5.95. The Morgan fingerprint density at radius 2 is 2.29 bits per heavy atom. The molecule has 2 aromatic rings. The quantitative estimate of drug-likeness (QED) is 0.883. The summed E-state index contributed by atoms with van der Waals surface area (Å²) in [5.74, 6) is 2.65. The number of hydrogen-bond donors (Lipinski definition) is 1. The zero-order valence-electron chi connectivity index (χ0n) is 9.54. The smallest absolute Gasteiger partial charge is 0.0832 e. The molecule has 1 aromatic heterocycles. The average Bonchev–Trinajstić information content (AvgIpc) is 2.91. The lowest BCUT2D eigenvalue weighted by Crippen LogP contribution is -2.12. The summed E-state index contributed by atoms with van der Waals surface area (Å²) in [6.45, 7) is 0. The second-order valence-electron chi connectivity index (χ2n) is 4.51. The Bertz CT molecular complexity index is 517. The van der Waals surface area contributed by atoms with E-state index in [1.54, 1.807) is 6.20 Å². The van der Waals surface area contributed by atoms with Crippen molar-refractivity contribution in [3.05, 3.63) is 42.2 Å². The molecule has 2 nitrogen and oxygen atoms in total. The van der Waals surface area contributed by atoms with Crippen LogP contribution in [0.4, 0.5) is 0 Å². The van der Waals surface area contributed by atoms with E-state index in [0.29, 0.717) is 5.92 Å². The summed E-state index contributed by atoms with van der Waals surface area (Å²) in [5, 5.41) is 12.7. The summed E-state index contributed by atoms with van der Waals surface area (Å²) in [4.78, 5) is 4.13. The van der Waals surface area contributed by atoms with Crippen LogP contribution in [0, 0.1) is 5.92 Å². The van der Waals surface area contributed by atoms with E-state index in [2.05, 4.69) is 4.98 Å². The third kappa shape index (κ3) is 2.05. The maximum Gasteiger partial charge on any atom is 0.0832 e. The lowest BCUT2D eigenvalue weighted by Gasteiger charge is -2.19. The molecular formula is C14H15NOS. The van der Waals surface area contributed by atoms with Crippen LogP contribution in [0.15, 0.2) is 36.7 Å². The molecule has 17 heavy (non-hydrogen) atoms. The van der Waals surface area contributed by atoms with Gasteiger partial charge in [-0.15, -0.1) is 0 Å². The van der Waals surface area contributed by atoms with Crippen LogP contribution in [0.5, 0.6) is 0 Å². The van der Waals surface area contributed by atoms with Crippen molar-refractivity contribution < 1.29 is 5.11 Å². The van der Waals surface area contributed by atoms with E-state index in [0.717, 1.165) is 28.5 Å². The average molecular weight is 245 g/mol. The van der Waals surface area contributed by atoms with E-state index in [9.17, 15) is 5.11 Å². The van der Waals surface area contributed by atoms with Crippen molar-refractivity contribution >= 4 is 22.5 Å². The fourth-order valence-electron chi connectivity index (χ4n) is 2.46. The molecule has 3 heteroatoms. The molecule has 1 aliphatic rings. The summed E-state index contributed by atoms with van der Waals surface area (Å²) in [6, 6.07) is 8.08. The van der Waals surface area contributed by atoms with Gasteiger partial charge < -0.3 is 5.11 Å². The number of fused-ring (bicyclic) bond motifs is 1. The third-order valence-corrected chi connectivity index (χ3v) is 4.63. The largest absolute Gasteiger partial charge is 0.388 e. The summed E-state index contributed by atoms with van der Waals surface area (Å²) < 4.78 is 0. The highest BCUT2D eigenvalue weighted by Gasteiger charge is 2.25. The molecule has 0 spiro atoms. The van der Waals surface area contributed by atoms with Gasteiger partial charge in [-0.05, 0) is 40.9 Å². The van der Waals surface area contributed by atoms with Crippen molar-refractivity contribution in [3.8, 4) is 0 Å². The van der Waals surface area contributed by atoms with Gasteiger partial charge in [0.15, 0.2) is 0 Å². The first-order valence-corrected chi connectivity index (χ1v) is 7.10. The number of rotatable bonds is 2. The lowest BCUT2D eigenvalue weighted by molar-refractivity contribution is 0.123. The molecular weight excluding hydrogens is 230 g/mol. The Kier molecular flexibility index (Phi) is 3.04. The predicted molar refractivity (Wildman–Crippen MR) is 72.1 cm³/mol. The van der Waals surface area contributed by atoms with Crippen LogP contribution in [0.2, 0.25) is 0 Å². The molecule has 1 saturated heterocycles. The third-order valence-electron chi connectivity index (χ3n) is 3.44. The number of thioether (sulfide) groups is 1. The van der Waals surface area contributed by atoms with Gasteiger partial charge in [0.2, 0.25) is 0 Å². The molecule has 0 saturated carbocycles. The Morgan fingerprint density at radius 1 is 1.35 bits per heavy atom. The van der Waals surface area contributed by atoms with Crippen LogP contribution in [-0.4, -0.2) is 21.6 Å². The normalized spacial score (nSPS) is 21.8. The zero-order chi connectivity index (χ0) is 11.7. The first-order chi connectivity index (χ1) is 8.36. The van der Waals surface area contributed by atoms with E-state index in [1.165, 1.54) is 5.75 Å². The van der Waals surface area contributed by atoms with E-state index in [-0.39, 0.29) is 6.10 Å². The van der Waals surface area contributed by atoms with E-state index in [1.807, 2.05) is 42.2 Å². The maximum absolute atomic E-state index is 10.5. The van der Waals surface area contributed by atoms with Gasteiger partial charge in [-0.1, -0.05) is 18.2 Å². The molecule has 1 N–H and O–H groups in total. The molecule has 0 aliphatic carbocycles. The van der Waals surface area contributed by atoms with Crippen molar-refractivity contribution in [3.63, 3.8) is 0 Å². The monoisotopic (exact) mass is 245 g/mol. The summed E-state index contributed by atoms with van der Waals surface area (Å²) in [5.41, 5.74) is 1.05. The van der Waals surface area contributed by atoms with Crippen LogP contribution in [-0.2, 0) is 0 Å². The topological polar surface area (TPSA) is 33.1 Å². The highest BCUT2D eigenvalue weighted by Crippen LogP contribution is 2.36. The maximum atomic E-state index is 10.5. The number of nitrogens with zero attached hydrogens (tertiary/aromatic N) is 1. The minimum absolute atomic E-state index is 0.337. The number of benzene rings is 1. The highest BCUT2D eigenvalue weighted by molar-refractivity contribution is 7.99. The molecule has 0 radical (unpaired) electrons. The van der Waals surface area contributed by atoms with Crippen LogP contribution in [0.25, 0.3) is 10.8 Å². The van der Waals surface area contributed by atoms with Gasteiger partial charge in [-0.3, -0.25) is 4.98 Å². The standard InChI is InChI=1S/C14H15NOS/c16-14(11-5-7-17-9-11)13-3-1-2-10-8-15-6-4-12(10)13/h1-4,6,8,11,14,16H,5,7,9H2. The summed E-state index contributed by atoms with van der Waals surface area (Å²) in [7, 11) is 0. The highest BCUT2D eigenvalue weighted by atomic mass is 32.2. The predicted octanol–water partition coefficient (Wildman–Crippen LogP) is 3.02. The molecule has 0 amide bonds. The molecule has 0 bridgehead atoms. The van der Waals surface area contributed by atoms with Crippen LogP contribution in [0.3, 0.4) is 0 Å². The minimum atomic E-state index is -0.337. The van der Waals surface area contributed by atoms with Gasteiger partial charge in [0.25, 0.3) is 0 Å². The number of aliphatic hydroxyl groups is 1. The molecule has 3 rings (SSSR count). The second kappa shape index (κ2) is 4.67. The van der Waals surface area contributed by atoms with Crippen molar-refractivity contribution in [2.24, 2.45) is 5.92 Å². The van der Waals surface area contributed by atoms with Crippen molar-refractivity contribution in [1.82, 2.24) is 4.98 Å². The van der Waals surface area contributed by atoms with E-state index < -0.39 is 0 Å². The molecule has 1 aromatic carbocycles. The fraction of sp³-hybridized carbons (Fsp3) is 0.357. The van der Waals surface area contributed by atoms with E-state index in [4.69, 9.17) is 0 Å². The van der Waals surface area contributed by atoms with Gasteiger partial charge in [0.05, 0.1) is 6.10 Å². The molecule has 2 heterocycles. The SMILES string of the molecule is OC(c1cccc2cnccc12)C1CCSC1. The minimum Gasteiger partial charge on any atom is -0.388 e. The van der Waals surface area contributed by atoms with Gasteiger partial charge in [-0.25, -0.2) is 0 Å².